The molecule has 0 saturated carbocycles. The minimum Gasteiger partial charge on any atom is -0.497 e. The van der Waals surface area contributed by atoms with Crippen molar-refractivity contribution in [3.8, 4) is 5.75 Å². The third kappa shape index (κ3) is 6.27. The molecule has 1 unspecified atom stereocenters. The molecule has 1 heterocycles. The normalized spacial score (nSPS) is 15.9. The predicted octanol–water partition coefficient (Wildman–Crippen LogP) is 1.50. The van der Waals surface area contributed by atoms with Crippen molar-refractivity contribution in [3.63, 3.8) is 0 Å². The van der Waals surface area contributed by atoms with Crippen LogP contribution in [0.25, 0.3) is 0 Å². The highest BCUT2D eigenvalue weighted by Crippen LogP contribution is 2.19. The molecular weight excluding hydrogens is 420 g/mol. The Kier molecular flexibility index (Phi) is 8.03. The van der Waals surface area contributed by atoms with Crippen LogP contribution in [0, 0.1) is 0 Å². The summed E-state index contributed by atoms with van der Waals surface area (Å²) in [7, 11) is -1.95. The van der Waals surface area contributed by atoms with E-state index < -0.39 is 16.1 Å². The molecule has 0 bridgehead atoms. The van der Waals surface area contributed by atoms with Crippen molar-refractivity contribution in [2.24, 2.45) is 0 Å². The van der Waals surface area contributed by atoms with Gasteiger partial charge >= 0.3 is 0 Å². The predicted molar refractivity (Wildman–Crippen MR) is 115 cm³/mol. The van der Waals surface area contributed by atoms with E-state index in [9.17, 15) is 18.3 Å². The first kappa shape index (κ1) is 23.2. The lowest BCUT2D eigenvalue weighted by Gasteiger charge is -2.26. The number of methoxy groups -OCH3 is 1. The number of hydrogen-bond donors (Lipinski definition) is 2. The first-order valence-corrected chi connectivity index (χ1v) is 11.6. The summed E-state index contributed by atoms with van der Waals surface area (Å²) in [5.74, 6) is 0.515. The van der Waals surface area contributed by atoms with Crippen molar-refractivity contribution < 1.29 is 27.8 Å². The summed E-state index contributed by atoms with van der Waals surface area (Å²) in [6.07, 6.45) is -0.0905. The lowest BCUT2D eigenvalue weighted by atomic mass is 10.1. The van der Waals surface area contributed by atoms with Crippen LogP contribution in [0.4, 0.5) is 0 Å². The van der Waals surface area contributed by atoms with E-state index in [2.05, 4.69) is 5.32 Å². The molecule has 168 valence electrons. The zero-order valence-corrected chi connectivity index (χ0v) is 18.3. The van der Waals surface area contributed by atoms with Crippen molar-refractivity contribution >= 4 is 15.9 Å². The average Bonchev–Trinajstić information content (AvgIpc) is 2.82. The molecule has 1 aliphatic rings. The molecule has 3 rings (SSSR count). The van der Waals surface area contributed by atoms with Crippen molar-refractivity contribution in [1.82, 2.24) is 9.62 Å². The Labute approximate surface area is 182 Å². The number of aryl methyl sites for hydroxylation is 1. The number of aliphatic hydroxyl groups is 1. The van der Waals surface area contributed by atoms with Crippen LogP contribution in [0.2, 0.25) is 0 Å². The van der Waals surface area contributed by atoms with Gasteiger partial charge in [-0.1, -0.05) is 24.3 Å². The van der Waals surface area contributed by atoms with Crippen LogP contribution < -0.4 is 10.1 Å². The molecule has 0 aliphatic carbocycles. The quantitative estimate of drug-likeness (QED) is 0.602. The first-order valence-electron chi connectivity index (χ1n) is 10.2. The van der Waals surface area contributed by atoms with Crippen LogP contribution in [-0.4, -0.2) is 63.7 Å². The molecular formula is C22H28N2O6S. The fourth-order valence-electron chi connectivity index (χ4n) is 3.26. The Balaban J connectivity index is 1.46. The van der Waals surface area contributed by atoms with Crippen LogP contribution in [0.15, 0.2) is 53.4 Å². The van der Waals surface area contributed by atoms with Gasteiger partial charge in [-0.15, -0.1) is 0 Å². The van der Waals surface area contributed by atoms with E-state index in [0.717, 1.165) is 5.56 Å². The number of benzene rings is 2. The number of morpholine rings is 1. The molecule has 1 fully saturated rings. The van der Waals surface area contributed by atoms with Gasteiger partial charge in [0.25, 0.3) is 0 Å². The van der Waals surface area contributed by atoms with Crippen LogP contribution in [0.3, 0.4) is 0 Å². The minimum atomic E-state index is -3.52. The zero-order valence-electron chi connectivity index (χ0n) is 17.5. The molecule has 1 atom stereocenters. The summed E-state index contributed by atoms with van der Waals surface area (Å²) in [5.41, 5.74) is 1.56. The van der Waals surface area contributed by atoms with Crippen molar-refractivity contribution in [2.75, 3.05) is 40.0 Å². The van der Waals surface area contributed by atoms with E-state index in [4.69, 9.17) is 9.47 Å². The Hall–Kier alpha value is -2.46. The number of hydrogen-bond acceptors (Lipinski definition) is 6. The Morgan fingerprint density at radius 3 is 2.39 bits per heavy atom. The number of ether oxygens (including phenoxy) is 2. The smallest absolute Gasteiger partial charge is 0.243 e. The van der Waals surface area contributed by atoms with Crippen LogP contribution in [0.5, 0.6) is 5.75 Å². The monoisotopic (exact) mass is 448 g/mol. The van der Waals surface area contributed by atoms with Gasteiger partial charge < -0.3 is 19.9 Å². The highest BCUT2D eigenvalue weighted by molar-refractivity contribution is 7.89. The molecule has 1 aliphatic heterocycles. The van der Waals surface area contributed by atoms with E-state index in [1.54, 1.807) is 55.6 Å². The highest BCUT2D eigenvalue weighted by Gasteiger charge is 2.26. The molecule has 1 amide bonds. The SMILES string of the molecule is COc1ccc(C(O)CNC(=O)CCc2ccc(S(=O)(=O)N3CCOCC3)cc2)cc1. The van der Waals surface area contributed by atoms with Crippen LogP contribution in [-0.2, 0) is 26.0 Å². The second kappa shape index (κ2) is 10.7. The van der Waals surface area contributed by atoms with E-state index >= 15 is 0 Å². The number of nitrogens with one attached hydrogen (secondary N) is 1. The fraction of sp³-hybridized carbons (Fsp3) is 0.409. The van der Waals surface area contributed by atoms with Gasteiger partial charge in [0.05, 0.1) is 31.3 Å². The highest BCUT2D eigenvalue weighted by atomic mass is 32.2. The molecule has 0 radical (unpaired) electrons. The molecule has 9 heteroatoms. The summed E-state index contributed by atoms with van der Waals surface area (Å²) >= 11 is 0. The third-order valence-electron chi connectivity index (χ3n) is 5.17. The van der Waals surface area contributed by atoms with Gasteiger partial charge in [-0.25, -0.2) is 8.42 Å². The van der Waals surface area contributed by atoms with E-state index in [-0.39, 0.29) is 23.8 Å². The number of aliphatic hydroxyl groups excluding tert-OH is 1. The Morgan fingerprint density at radius 2 is 1.77 bits per heavy atom. The first-order chi connectivity index (χ1) is 14.9. The molecule has 31 heavy (non-hydrogen) atoms. The van der Waals surface area contributed by atoms with E-state index in [0.29, 0.717) is 44.0 Å². The zero-order chi connectivity index (χ0) is 22.3. The minimum absolute atomic E-state index is 0.113. The molecule has 2 aromatic rings. The molecule has 1 saturated heterocycles. The summed E-state index contributed by atoms with van der Waals surface area (Å²) in [6, 6.07) is 13.6. The number of carbonyl (C=O) groups excluding carboxylic acids is 1. The van der Waals surface area contributed by atoms with Crippen molar-refractivity contribution in [2.45, 2.75) is 23.8 Å². The van der Waals surface area contributed by atoms with Crippen molar-refractivity contribution in [1.29, 1.82) is 0 Å². The molecule has 8 nitrogen and oxygen atoms in total. The largest absolute Gasteiger partial charge is 0.497 e. The summed E-state index contributed by atoms with van der Waals surface area (Å²) < 4.78 is 37.0. The van der Waals surface area contributed by atoms with Crippen LogP contribution >= 0.6 is 0 Å². The maximum Gasteiger partial charge on any atom is 0.243 e. The standard InChI is InChI=1S/C22H28N2O6S/c1-29-19-7-5-18(6-8-19)21(25)16-23-22(26)11-4-17-2-9-20(10-3-17)31(27,28)24-12-14-30-15-13-24/h2-3,5-10,21,25H,4,11-16H2,1H3,(H,23,26). The molecule has 2 N–H and O–H groups in total. The van der Waals surface area contributed by atoms with Gasteiger partial charge in [0.1, 0.15) is 5.75 Å². The van der Waals surface area contributed by atoms with Crippen LogP contribution in [0.1, 0.15) is 23.7 Å². The maximum atomic E-state index is 12.6. The van der Waals surface area contributed by atoms with E-state index in [1.165, 1.54) is 4.31 Å². The summed E-state index contributed by atoms with van der Waals surface area (Å²) in [6.45, 7) is 1.63. The van der Waals surface area contributed by atoms with E-state index in [1.807, 2.05) is 0 Å². The number of amides is 1. The number of carbonyl (C=O) groups is 1. The lowest BCUT2D eigenvalue weighted by molar-refractivity contribution is -0.121. The van der Waals surface area contributed by atoms with Gasteiger partial charge in [0.2, 0.25) is 15.9 Å². The van der Waals surface area contributed by atoms with Gasteiger partial charge in [0, 0.05) is 26.1 Å². The summed E-state index contributed by atoms with van der Waals surface area (Å²) in [5, 5.41) is 12.9. The van der Waals surface area contributed by atoms with Crippen molar-refractivity contribution in [3.05, 3.63) is 59.7 Å². The Morgan fingerprint density at radius 1 is 1.13 bits per heavy atom. The maximum absolute atomic E-state index is 12.6. The van der Waals surface area contributed by atoms with Gasteiger partial charge in [-0.3, -0.25) is 4.79 Å². The van der Waals surface area contributed by atoms with Gasteiger partial charge in [-0.05, 0) is 41.8 Å². The number of sulfonamides is 1. The second-order valence-corrected chi connectivity index (χ2v) is 9.19. The molecule has 2 aromatic carbocycles. The second-order valence-electron chi connectivity index (χ2n) is 7.25. The summed E-state index contributed by atoms with van der Waals surface area (Å²) in [4.78, 5) is 12.4. The Bertz CT molecular complexity index is 955. The molecule has 0 aromatic heterocycles. The lowest BCUT2D eigenvalue weighted by Crippen LogP contribution is -2.40. The van der Waals surface area contributed by atoms with Gasteiger partial charge in [0.15, 0.2) is 0 Å². The number of nitrogens with zero attached hydrogens (tertiary/aromatic N) is 1. The average molecular weight is 449 g/mol. The third-order valence-corrected chi connectivity index (χ3v) is 7.08. The number of rotatable bonds is 9. The molecule has 0 spiro atoms. The fourth-order valence-corrected chi connectivity index (χ4v) is 4.67. The van der Waals surface area contributed by atoms with Gasteiger partial charge in [-0.2, -0.15) is 4.31 Å². The topological polar surface area (TPSA) is 105 Å².